The van der Waals surface area contributed by atoms with Crippen molar-refractivity contribution in [1.29, 1.82) is 0 Å². The summed E-state index contributed by atoms with van der Waals surface area (Å²) in [6, 6.07) is 12.9. The lowest BCUT2D eigenvalue weighted by Gasteiger charge is -2.18. The number of hydrogen-bond acceptors (Lipinski definition) is 4. The number of esters is 1. The molecule has 5 heteroatoms. The van der Waals surface area contributed by atoms with Crippen molar-refractivity contribution in [3.05, 3.63) is 64.7 Å². The number of carbonyl (C=O) groups is 3. The zero-order valence-electron chi connectivity index (χ0n) is 16.7. The zero-order chi connectivity index (χ0) is 20.4. The maximum atomic E-state index is 12.5. The third kappa shape index (κ3) is 4.14. The summed E-state index contributed by atoms with van der Waals surface area (Å²) in [6.07, 6.45) is -0.794. The molecule has 0 unspecified atom stereocenters. The number of hydrogen-bond donors (Lipinski definition) is 0. The molecule has 1 aliphatic rings. The first-order chi connectivity index (χ1) is 13.3. The summed E-state index contributed by atoms with van der Waals surface area (Å²) in [5, 5.41) is 0. The van der Waals surface area contributed by atoms with E-state index in [1.807, 2.05) is 51.1 Å². The monoisotopic (exact) mass is 379 g/mol. The second-order valence-electron chi connectivity index (χ2n) is 7.48. The fourth-order valence-corrected chi connectivity index (χ4v) is 3.29. The van der Waals surface area contributed by atoms with Crippen molar-refractivity contribution in [2.75, 3.05) is 11.4 Å². The number of anilines is 1. The van der Waals surface area contributed by atoms with E-state index in [0.717, 1.165) is 22.4 Å². The fraction of sp³-hybridized carbons (Fsp3) is 0.348. The van der Waals surface area contributed by atoms with Gasteiger partial charge in [0.05, 0.1) is 5.92 Å². The van der Waals surface area contributed by atoms with E-state index >= 15 is 0 Å². The second-order valence-corrected chi connectivity index (χ2v) is 7.48. The molecule has 5 nitrogen and oxygen atoms in total. The quantitative estimate of drug-likeness (QED) is 0.586. The van der Waals surface area contributed by atoms with E-state index in [9.17, 15) is 14.4 Å². The Kier molecular flexibility index (Phi) is 5.63. The second kappa shape index (κ2) is 7.97. The van der Waals surface area contributed by atoms with Crippen molar-refractivity contribution in [2.45, 2.75) is 40.2 Å². The first-order valence-corrected chi connectivity index (χ1v) is 9.45. The van der Waals surface area contributed by atoms with Gasteiger partial charge >= 0.3 is 5.97 Å². The Bertz CT molecular complexity index is 917. The lowest BCUT2D eigenvalue weighted by atomic mass is 10.1. The molecular formula is C23H25NO4. The number of rotatable bonds is 5. The van der Waals surface area contributed by atoms with Crippen LogP contribution in [0.15, 0.2) is 42.5 Å². The number of Topliss-reactive ketones (excluding diaryl/α,β-unsaturated/α-hetero) is 1. The normalized spacial score (nSPS) is 17.5. The molecular weight excluding hydrogens is 354 g/mol. The number of amides is 1. The molecule has 1 fully saturated rings. The highest BCUT2D eigenvalue weighted by molar-refractivity contribution is 6.02. The van der Waals surface area contributed by atoms with Gasteiger partial charge in [0.2, 0.25) is 11.7 Å². The topological polar surface area (TPSA) is 63.7 Å². The van der Waals surface area contributed by atoms with Crippen LogP contribution in [0, 0.1) is 26.7 Å². The van der Waals surface area contributed by atoms with Gasteiger partial charge in [-0.15, -0.1) is 0 Å². The van der Waals surface area contributed by atoms with Gasteiger partial charge < -0.3 is 9.64 Å². The summed E-state index contributed by atoms with van der Waals surface area (Å²) in [6.45, 7) is 7.78. The van der Waals surface area contributed by atoms with E-state index in [1.54, 1.807) is 24.0 Å². The van der Waals surface area contributed by atoms with Crippen LogP contribution in [0.3, 0.4) is 0 Å². The van der Waals surface area contributed by atoms with Gasteiger partial charge in [0.25, 0.3) is 0 Å². The molecule has 1 saturated heterocycles. The number of nitrogens with zero attached hydrogens (tertiary/aromatic N) is 1. The molecule has 1 amide bonds. The minimum absolute atomic E-state index is 0.0944. The van der Waals surface area contributed by atoms with Gasteiger partial charge in [0.15, 0.2) is 6.10 Å². The van der Waals surface area contributed by atoms with E-state index in [4.69, 9.17) is 4.74 Å². The predicted molar refractivity (Wildman–Crippen MR) is 107 cm³/mol. The minimum Gasteiger partial charge on any atom is -0.454 e. The highest BCUT2D eigenvalue weighted by Gasteiger charge is 2.37. The number of benzene rings is 2. The van der Waals surface area contributed by atoms with Gasteiger partial charge in [0.1, 0.15) is 0 Å². The molecule has 0 radical (unpaired) electrons. The van der Waals surface area contributed by atoms with Crippen molar-refractivity contribution in [3.63, 3.8) is 0 Å². The summed E-state index contributed by atoms with van der Waals surface area (Å²) >= 11 is 0. The molecule has 0 aliphatic carbocycles. The Balaban J connectivity index is 1.64. The largest absolute Gasteiger partial charge is 0.454 e. The van der Waals surface area contributed by atoms with Crippen molar-refractivity contribution < 1.29 is 19.1 Å². The minimum atomic E-state index is -0.888. The predicted octanol–water partition coefficient (Wildman–Crippen LogP) is 3.78. The smallest absolute Gasteiger partial charge is 0.312 e. The van der Waals surface area contributed by atoms with Gasteiger partial charge in [-0.1, -0.05) is 35.9 Å². The average Bonchev–Trinajstić information content (AvgIpc) is 3.06. The van der Waals surface area contributed by atoms with Crippen molar-refractivity contribution >= 4 is 23.3 Å². The van der Waals surface area contributed by atoms with E-state index in [2.05, 4.69) is 0 Å². The van der Waals surface area contributed by atoms with Gasteiger partial charge in [-0.2, -0.15) is 0 Å². The third-order valence-electron chi connectivity index (χ3n) is 5.26. The maximum absolute atomic E-state index is 12.5. The molecule has 3 rings (SSSR count). The van der Waals surface area contributed by atoms with Crippen LogP contribution in [-0.4, -0.2) is 30.3 Å². The molecule has 0 N–H and O–H groups in total. The summed E-state index contributed by atoms with van der Waals surface area (Å²) < 4.78 is 5.39. The Hall–Kier alpha value is -2.95. The standard InChI is InChI=1S/C23H25NO4/c1-14-5-8-18(9-6-14)22(26)17(4)28-23(27)19-12-21(25)24(13-19)20-10-7-15(2)16(3)11-20/h5-11,17,19H,12-13H2,1-4H3/t17-,19+/m1/s1. The van der Waals surface area contributed by atoms with Crippen molar-refractivity contribution in [3.8, 4) is 0 Å². The molecule has 0 saturated carbocycles. The Morgan fingerprint density at radius 1 is 1.04 bits per heavy atom. The Morgan fingerprint density at radius 3 is 2.36 bits per heavy atom. The van der Waals surface area contributed by atoms with E-state index in [1.165, 1.54) is 0 Å². The number of ether oxygens (including phenoxy) is 1. The van der Waals surface area contributed by atoms with E-state index in [0.29, 0.717) is 5.56 Å². The molecule has 2 atom stereocenters. The number of carbonyl (C=O) groups excluding carboxylic acids is 3. The van der Waals surface area contributed by atoms with Gasteiger partial charge in [0, 0.05) is 24.2 Å². The molecule has 0 spiro atoms. The highest BCUT2D eigenvalue weighted by Crippen LogP contribution is 2.28. The Morgan fingerprint density at radius 2 is 1.71 bits per heavy atom. The highest BCUT2D eigenvalue weighted by atomic mass is 16.5. The van der Waals surface area contributed by atoms with Gasteiger partial charge in [-0.3, -0.25) is 14.4 Å². The molecule has 28 heavy (non-hydrogen) atoms. The van der Waals surface area contributed by atoms with Crippen LogP contribution in [0.5, 0.6) is 0 Å². The van der Waals surface area contributed by atoms with Crippen LogP contribution in [0.25, 0.3) is 0 Å². The first-order valence-electron chi connectivity index (χ1n) is 9.45. The van der Waals surface area contributed by atoms with E-state index < -0.39 is 18.0 Å². The van der Waals surface area contributed by atoms with Crippen LogP contribution < -0.4 is 4.90 Å². The van der Waals surface area contributed by atoms with Crippen LogP contribution >= 0.6 is 0 Å². The third-order valence-corrected chi connectivity index (χ3v) is 5.26. The summed E-state index contributed by atoms with van der Waals surface area (Å²) in [7, 11) is 0. The lowest BCUT2D eigenvalue weighted by Crippen LogP contribution is -2.30. The van der Waals surface area contributed by atoms with Crippen LogP contribution in [0.4, 0.5) is 5.69 Å². The zero-order valence-corrected chi connectivity index (χ0v) is 16.7. The molecule has 146 valence electrons. The molecule has 0 aromatic heterocycles. The average molecular weight is 379 g/mol. The molecule has 1 heterocycles. The van der Waals surface area contributed by atoms with Crippen LogP contribution in [0.1, 0.15) is 40.4 Å². The molecule has 2 aromatic carbocycles. The molecule has 1 aliphatic heterocycles. The number of aryl methyl sites for hydroxylation is 3. The maximum Gasteiger partial charge on any atom is 0.312 e. The SMILES string of the molecule is Cc1ccc(C(=O)[C@@H](C)OC(=O)[C@H]2CC(=O)N(c3ccc(C)c(C)c3)C2)cc1. The van der Waals surface area contributed by atoms with Crippen molar-refractivity contribution in [1.82, 2.24) is 0 Å². The van der Waals surface area contributed by atoms with Crippen molar-refractivity contribution in [2.24, 2.45) is 5.92 Å². The lowest BCUT2D eigenvalue weighted by molar-refractivity contribution is -0.151. The van der Waals surface area contributed by atoms with E-state index in [-0.39, 0.29) is 24.7 Å². The summed E-state index contributed by atoms with van der Waals surface area (Å²) in [4.78, 5) is 39.0. The number of ketones is 1. The van der Waals surface area contributed by atoms with Crippen LogP contribution in [0.2, 0.25) is 0 Å². The van der Waals surface area contributed by atoms with Gasteiger partial charge in [-0.05, 0) is 51.0 Å². The van der Waals surface area contributed by atoms with Crippen LogP contribution in [-0.2, 0) is 14.3 Å². The summed E-state index contributed by atoms with van der Waals surface area (Å²) in [5.41, 5.74) is 4.58. The Labute approximate surface area is 165 Å². The fourth-order valence-electron chi connectivity index (χ4n) is 3.29. The first kappa shape index (κ1) is 19.8. The molecule has 0 bridgehead atoms. The van der Waals surface area contributed by atoms with Gasteiger partial charge in [-0.25, -0.2) is 0 Å². The summed E-state index contributed by atoms with van der Waals surface area (Å²) in [5.74, 6) is -1.43. The molecule has 2 aromatic rings.